The first-order valence-electron chi connectivity index (χ1n) is 10.1. The molecule has 2 aliphatic rings. The molecule has 9 heteroatoms. The Kier molecular flexibility index (Phi) is 6.33. The van der Waals surface area contributed by atoms with Crippen LogP contribution in [0.25, 0.3) is 0 Å². The maximum atomic E-state index is 13.0. The number of nitrogens with two attached hydrogens (primary N) is 1. The quantitative estimate of drug-likeness (QED) is 0.619. The van der Waals surface area contributed by atoms with Gasteiger partial charge in [0.15, 0.2) is 5.01 Å². The molecule has 1 amide bonds. The second-order valence-corrected chi connectivity index (χ2v) is 10.4. The van der Waals surface area contributed by atoms with Crippen LogP contribution >= 0.6 is 11.3 Å². The van der Waals surface area contributed by atoms with Gasteiger partial charge in [0.1, 0.15) is 11.1 Å². The molecule has 3 rings (SSSR count). The Morgan fingerprint density at radius 1 is 1.45 bits per heavy atom. The van der Waals surface area contributed by atoms with E-state index in [0.29, 0.717) is 24.3 Å². The van der Waals surface area contributed by atoms with E-state index in [1.54, 1.807) is 20.8 Å². The van der Waals surface area contributed by atoms with E-state index in [0.717, 1.165) is 30.1 Å². The topological polar surface area (TPSA) is 118 Å². The van der Waals surface area contributed by atoms with E-state index in [9.17, 15) is 14.7 Å². The Morgan fingerprint density at radius 2 is 2.17 bits per heavy atom. The Bertz CT molecular complexity index is 775. The molecule has 3 unspecified atom stereocenters. The maximum Gasteiger partial charge on any atom is 0.328 e. The zero-order valence-corrected chi connectivity index (χ0v) is 18.5. The molecule has 1 aromatic rings. The Hall–Kier alpha value is -1.55. The van der Waals surface area contributed by atoms with Crippen LogP contribution in [-0.4, -0.2) is 64.2 Å². The molecule has 1 aliphatic carbocycles. The fourth-order valence-electron chi connectivity index (χ4n) is 3.89. The highest BCUT2D eigenvalue weighted by molar-refractivity contribution is 7.13. The number of likely N-dealkylation sites (N-methyl/N-ethyl adjacent to an activating group) is 1. The molecule has 0 radical (unpaired) electrons. The number of fused-ring (bicyclic) bond motifs is 1. The van der Waals surface area contributed by atoms with Crippen molar-refractivity contribution in [3.05, 3.63) is 15.6 Å². The van der Waals surface area contributed by atoms with Gasteiger partial charge in [0.05, 0.1) is 11.7 Å². The van der Waals surface area contributed by atoms with E-state index >= 15 is 0 Å². The van der Waals surface area contributed by atoms with Crippen LogP contribution in [0.4, 0.5) is 0 Å². The van der Waals surface area contributed by atoms with Crippen LogP contribution < -0.4 is 11.1 Å². The van der Waals surface area contributed by atoms with Crippen LogP contribution in [0.5, 0.6) is 0 Å². The lowest BCUT2D eigenvalue weighted by Crippen LogP contribution is -2.66. The molecule has 0 bridgehead atoms. The van der Waals surface area contributed by atoms with E-state index in [-0.39, 0.29) is 18.4 Å². The number of rotatable bonds is 4. The number of nitrogens with zero attached hydrogens (tertiary/aromatic N) is 2. The van der Waals surface area contributed by atoms with Crippen LogP contribution in [0.2, 0.25) is 0 Å². The molecule has 0 saturated heterocycles. The first kappa shape index (κ1) is 22.1. The van der Waals surface area contributed by atoms with E-state index in [1.165, 1.54) is 11.3 Å². The minimum Gasteiger partial charge on any atom is -0.459 e. The van der Waals surface area contributed by atoms with Crippen molar-refractivity contribution in [3.63, 3.8) is 0 Å². The summed E-state index contributed by atoms with van der Waals surface area (Å²) in [7, 11) is 2.04. The monoisotopic (exact) mass is 424 g/mol. The van der Waals surface area contributed by atoms with Crippen molar-refractivity contribution in [3.8, 4) is 0 Å². The predicted octanol–water partition coefficient (Wildman–Crippen LogP) is 1.06. The van der Waals surface area contributed by atoms with Crippen LogP contribution in [0.15, 0.2) is 0 Å². The van der Waals surface area contributed by atoms with Crippen molar-refractivity contribution >= 4 is 23.2 Å². The van der Waals surface area contributed by atoms with E-state index in [1.807, 2.05) is 7.05 Å². The van der Waals surface area contributed by atoms with Gasteiger partial charge < -0.3 is 25.8 Å². The number of esters is 1. The molecule has 1 fully saturated rings. The SMILES string of the molecule is CN1CCc2nc(C(=O)NC3CC(CO)CCC3(N)C(=O)OC(C)(C)C)sc2C1. The largest absolute Gasteiger partial charge is 0.459 e. The number of aliphatic hydroxyl groups excluding tert-OH is 1. The number of carbonyl (C=O) groups is 2. The molecule has 2 heterocycles. The average molecular weight is 425 g/mol. The zero-order chi connectivity index (χ0) is 21.4. The van der Waals surface area contributed by atoms with Gasteiger partial charge in [-0.1, -0.05) is 0 Å². The van der Waals surface area contributed by atoms with Crippen LogP contribution in [-0.2, 0) is 22.5 Å². The van der Waals surface area contributed by atoms with Crippen molar-refractivity contribution in [2.45, 2.75) is 70.2 Å². The number of hydrogen-bond donors (Lipinski definition) is 3. The number of aromatic nitrogens is 1. The summed E-state index contributed by atoms with van der Waals surface area (Å²) in [5, 5.41) is 12.9. The fourth-order valence-corrected chi connectivity index (χ4v) is 4.98. The summed E-state index contributed by atoms with van der Waals surface area (Å²) in [5.41, 5.74) is 5.49. The summed E-state index contributed by atoms with van der Waals surface area (Å²) in [4.78, 5) is 33.6. The molecular weight excluding hydrogens is 392 g/mol. The molecule has 0 aromatic carbocycles. The summed E-state index contributed by atoms with van der Waals surface area (Å²) >= 11 is 1.39. The third kappa shape index (κ3) is 4.96. The standard InChI is InChI=1S/C20H32N4O4S/c1-19(2,3)28-18(27)20(21)7-5-12(11-25)9-15(20)23-16(26)17-22-13-6-8-24(4)10-14(13)29-17/h12,15,25H,5-11,21H2,1-4H3,(H,23,26). The van der Waals surface area contributed by atoms with Crippen molar-refractivity contribution in [1.82, 2.24) is 15.2 Å². The minimum absolute atomic E-state index is 0.00531. The molecule has 1 saturated carbocycles. The van der Waals surface area contributed by atoms with Gasteiger partial charge in [-0.15, -0.1) is 11.3 Å². The van der Waals surface area contributed by atoms with Crippen molar-refractivity contribution < 1.29 is 19.4 Å². The highest BCUT2D eigenvalue weighted by atomic mass is 32.1. The number of ether oxygens (including phenoxy) is 1. The van der Waals surface area contributed by atoms with Crippen molar-refractivity contribution in [2.75, 3.05) is 20.2 Å². The van der Waals surface area contributed by atoms with E-state index in [4.69, 9.17) is 10.5 Å². The smallest absolute Gasteiger partial charge is 0.328 e. The number of carbonyl (C=O) groups excluding carboxylic acids is 2. The Balaban J connectivity index is 1.79. The van der Waals surface area contributed by atoms with Crippen LogP contribution in [0, 0.1) is 5.92 Å². The number of amides is 1. The summed E-state index contributed by atoms with van der Waals surface area (Å²) < 4.78 is 5.55. The fraction of sp³-hybridized carbons (Fsp3) is 0.750. The second-order valence-electron chi connectivity index (χ2n) is 9.27. The summed E-state index contributed by atoms with van der Waals surface area (Å²) in [6, 6.07) is -0.626. The van der Waals surface area contributed by atoms with Crippen molar-refractivity contribution in [2.24, 2.45) is 11.7 Å². The lowest BCUT2D eigenvalue weighted by atomic mass is 9.73. The molecule has 29 heavy (non-hydrogen) atoms. The molecule has 3 atom stereocenters. The van der Waals surface area contributed by atoms with Gasteiger partial charge in [-0.05, 0) is 53.0 Å². The minimum atomic E-state index is -1.33. The van der Waals surface area contributed by atoms with E-state index in [2.05, 4.69) is 15.2 Å². The number of thiazole rings is 1. The van der Waals surface area contributed by atoms with Gasteiger partial charge in [0, 0.05) is 31.0 Å². The summed E-state index contributed by atoms with van der Waals surface area (Å²) in [6.07, 6.45) is 2.20. The normalized spacial score (nSPS) is 27.9. The lowest BCUT2D eigenvalue weighted by molar-refractivity contribution is -0.164. The highest BCUT2D eigenvalue weighted by Crippen LogP contribution is 2.33. The average Bonchev–Trinajstić information content (AvgIpc) is 3.05. The van der Waals surface area contributed by atoms with Gasteiger partial charge >= 0.3 is 5.97 Å². The van der Waals surface area contributed by atoms with Crippen LogP contribution in [0.1, 0.15) is 60.4 Å². The Labute approximate surface area is 175 Å². The third-order valence-electron chi connectivity index (χ3n) is 5.62. The Morgan fingerprint density at radius 3 is 2.83 bits per heavy atom. The van der Waals surface area contributed by atoms with Crippen molar-refractivity contribution in [1.29, 1.82) is 0 Å². The molecule has 1 aromatic heterocycles. The molecular formula is C20H32N4O4S. The summed E-state index contributed by atoms with van der Waals surface area (Å²) in [6.45, 7) is 7.07. The maximum absolute atomic E-state index is 13.0. The van der Waals surface area contributed by atoms with E-state index < -0.39 is 23.2 Å². The molecule has 0 spiro atoms. The number of hydrogen-bond acceptors (Lipinski definition) is 8. The molecule has 8 nitrogen and oxygen atoms in total. The second kappa shape index (κ2) is 8.29. The third-order valence-corrected chi connectivity index (χ3v) is 6.70. The molecule has 4 N–H and O–H groups in total. The molecule has 1 aliphatic heterocycles. The number of aliphatic hydroxyl groups is 1. The number of nitrogens with one attached hydrogen (secondary N) is 1. The molecule has 162 valence electrons. The first-order valence-corrected chi connectivity index (χ1v) is 10.9. The van der Waals surface area contributed by atoms with Gasteiger partial charge in [-0.3, -0.25) is 4.79 Å². The van der Waals surface area contributed by atoms with Crippen LogP contribution in [0.3, 0.4) is 0 Å². The lowest BCUT2D eigenvalue weighted by Gasteiger charge is -2.43. The highest BCUT2D eigenvalue weighted by Gasteiger charge is 2.49. The van der Waals surface area contributed by atoms with Gasteiger partial charge in [-0.2, -0.15) is 0 Å². The zero-order valence-electron chi connectivity index (χ0n) is 17.7. The predicted molar refractivity (Wildman–Crippen MR) is 111 cm³/mol. The summed E-state index contributed by atoms with van der Waals surface area (Å²) in [5.74, 6) is -0.863. The van der Waals surface area contributed by atoms with Gasteiger partial charge in [0.25, 0.3) is 5.91 Å². The first-order chi connectivity index (χ1) is 13.5. The van der Waals surface area contributed by atoms with Gasteiger partial charge in [0.2, 0.25) is 0 Å². The van der Waals surface area contributed by atoms with Gasteiger partial charge in [-0.25, -0.2) is 9.78 Å².